The maximum atomic E-state index is 13.2. The molecule has 2 N–H and O–H groups in total. The summed E-state index contributed by atoms with van der Waals surface area (Å²) >= 11 is 0. The third kappa shape index (κ3) is 2.45. The molecule has 14 heavy (non-hydrogen) atoms. The molecule has 0 saturated heterocycles. The number of esters is 1. The molecule has 0 bridgehead atoms. The second-order valence-corrected chi connectivity index (χ2v) is 3.19. The van der Waals surface area contributed by atoms with Gasteiger partial charge in [-0.25, -0.2) is 9.18 Å². The Hall–Kier alpha value is -1.58. The molecule has 1 aromatic rings. The molecule has 0 heterocycles. The standard InChI is InChI=1S/C10H12FNO2/c1-6(2)14-10(13)8-4-3-7(12)5-9(8)11/h3-6H,12H2,1-2H3. The summed E-state index contributed by atoms with van der Waals surface area (Å²) in [6, 6.07) is 3.87. The Kier molecular flexibility index (Phi) is 3.06. The molecule has 1 aromatic carbocycles. The third-order valence-electron chi connectivity index (χ3n) is 1.56. The zero-order chi connectivity index (χ0) is 10.7. The summed E-state index contributed by atoms with van der Waals surface area (Å²) in [7, 11) is 0. The minimum atomic E-state index is -0.669. The Morgan fingerprint density at radius 3 is 2.64 bits per heavy atom. The van der Waals surface area contributed by atoms with Crippen LogP contribution in [0.5, 0.6) is 0 Å². The number of anilines is 1. The highest BCUT2D eigenvalue weighted by atomic mass is 19.1. The van der Waals surface area contributed by atoms with Crippen LogP contribution in [0, 0.1) is 5.82 Å². The van der Waals surface area contributed by atoms with Gasteiger partial charge in [-0.1, -0.05) is 0 Å². The smallest absolute Gasteiger partial charge is 0.341 e. The van der Waals surface area contributed by atoms with Crippen molar-refractivity contribution in [3.8, 4) is 0 Å². The number of benzene rings is 1. The Bertz CT molecular complexity index is 350. The lowest BCUT2D eigenvalue weighted by Gasteiger charge is -2.08. The van der Waals surface area contributed by atoms with Gasteiger partial charge >= 0.3 is 5.97 Å². The first-order valence-corrected chi connectivity index (χ1v) is 4.26. The molecule has 76 valence electrons. The van der Waals surface area contributed by atoms with E-state index in [1.54, 1.807) is 13.8 Å². The predicted octanol–water partition coefficient (Wildman–Crippen LogP) is 1.97. The SMILES string of the molecule is CC(C)OC(=O)c1ccc(N)cc1F. The molecule has 0 spiro atoms. The van der Waals surface area contributed by atoms with Crippen molar-refractivity contribution in [2.45, 2.75) is 20.0 Å². The molecule has 0 aliphatic rings. The van der Waals surface area contributed by atoms with E-state index in [1.807, 2.05) is 0 Å². The normalized spacial score (nSPS) is 10.3. The Labute approximate surface area is 81.7 Å². The number of nitrogen functional groups attached to an aromatic ring is 1. The quantitative estimate of drug-likeness (QED) is 0.582. The molecule has 1 rings (SSSR count). The van der Waals surface area contributed by atoms with Gasteiger partial charge < -0.3 is 10.5 Å². The van der Waals surface area contributed by atoms with Gasteiger partial charge in [-0.2, -0.15) is 0 Å². The number of carbonyl (C=O) groups excluding carboxylic acids is 1. The van der Waals surface area contributed by atoms with E-state index in [2.05, 4.69) is 0 Å². The van der Waals surface area contributed by atoms with E-state index >= 15 is 0 Å². The lowest BCUT2D eigenvalue weighted by Crippen LogP contribution is -2.13. The van der Waals surface area contributed by atoms with Crippen molar-refractivity contribution in [3.63, 3.8) is 0 Å². The molecule has 0 unspecified atom stereocenters. The van der Waals surface area contributed by atoms with Crippen LogP contribution in [0.25, 0.3) is 0 Å². The Morgan fingerprint density at radius 2 is 2.14 bits per heavy atom. The number of rotatable bonds is 2. The predicted molar refractivity (Wildman–Crippen MR) is 51.4 cm³/mol. The molecule has 0 amide bonds. The zero-order valence-electron chi connectivity index (χ0n) is 8.08. The fraction of sp³-hybridized carbons (Fsp3) is 0.300. The highest BCUT2D eigenvalue weighted by Gasteiger charge is 2.14. The number of hydrogen-bond acceptors (Lipinski definition) is 3. The molecule has 0 saturated carbocycles. The van der Waals surface area contributed by atoms with Gasteiger partial charge in [0.25, 0.3) is 0 Å². The zero-order valence-corrected chi connectivity index (χ0v) is 8.08. The highest BCUT2D eigenvalue weighted by molar-refractivity contribution is 5.90. The fourth-order valence-corrected chi connectivity index (χ4v) is 0.974. The summed E-state index contributed by atoms with van der Waals surface area (Å²) < 4.78 is 18.0. The first kappa shape index (κ1) is 10.5. The van der Waals surface area contributed by atoms with Crippen molar-refractivity contribution >= 4 is 11.7 Å². The lowest BCUT2D eigenvalue weighted by molar-refractivity contribution is 0.0372. The Morgan fingerprint density at radius 1 is 1.50 bits per heavy atom. The maximum absolute atomic E-state index is 13.2. The van der Waals surface area contributed by atoms with Crippen molar-refractivity contribution in [2.24, 2.45) is 0 Å². The second kappa shape index (κ2) is 4.09. The summed E-state index contributed by atoms with van der Waals surface area (Å²) in [5.41, 5.74) is 5.53. The molecule has 4 heteroatoms. The van der Waals surface area contributed by atoms with Gasteiger partial charge in [-0.15, -0.1) is 0 Å². The van der Waals surface area contributed by atoms with Gasteiger partial charge in [0.2, 0.25) is 0 Å². The molecule has 0 radical (unpaired) electrons. The van der Waals surface area contributed by atoms with Crippen LogP contribution in [0.4, 0.5) is 10.1 Å². The third-order valence-corrected chi connectivity index (χ3v) is 1.56. The van der Waals surface area contributed by atoms with Gasteiger partial charge in [-0.3, -0.25) is 0 Å². The van der Waals surface area contributed by atoms with E-state index < -0.39 is 11.8 Å². The minimum Gasteiger partial charge on any atom is -0.459 e. The summed E-state index contributed by atoms with van der Waals surface area (Å²) in [5, 5.41) is 0. The van der Waals surface area contributed by atoms with Crippen LogP contribution in [-0.4, -0.2) is 12.1 Å². The van der Waals surface area contributed by atoms with Gasteiger partial charge in [-0.05, 0) is 32.0 Å². The number of halogens is 1. The van der Waals surface area contributed by atoms with Crippen molar-refractivity contribution in [1.29, 1.82) is 0 Å². The van der Waals surface area contributed by atoms with Gasteiger partial charge in [0.05, 0.1) is 11.7 Å². The number of ether oxygens (including phenoxy) is 1. The monoisotopic (exact) mass is 197 g/mol. The minimum absolute atomic E-state index is 0.0899. The average molecular weight is 197 g/mol. The number of carbonyl (C=O) groups is 1. The second-order valence-electron chi connectivity index (χ2n) is 3.19. The van der Waals surface area contributed by atoms with E-state index in [1.165, 1.54) is 12.1 Å². The molecule has 0 aliphatic carbocycles. The Balaban J connectivity index is 2.90. The lowest BCUT2D eigenvalue weighted by atomic mass is 10.2. The molecule has 3 nitrogen and oxygen atoms in total. The topological polar surface area (TPSA) is 52.3 Å². The van der Waals surface area contributed by atoms with E-state index in [0.717, 1.165) is 6.07 Å². The molecule has 0 aliphatic heterocycles. The van der Waals surface area contributed by atoms with Crippen LogP contribution < -0.4 is 5.73 Å². The summed E-state index contributed by atoms with van der Waals surface area (Å²) in [4.78, 5) is 11.3. The van der Waals surface area contributed by atoms with Crippen LogP contribution >= 0.6 is 0 Å². The van der Waals surface area contributed by atoms with E-state index in [0.29, 0.717) is 0 Å². The summed E-state index contributed by atoms with van der Waals surface area (Å²) in [6.45, 7) is 3.40. The maximum Gasteiger partial charge on any atom is 0.341 e. The van der Waals surface area contributed by atoms with Crippen molar-refractivity contribution in [3.05, 3.63) is 29.6 Å². The van der Waals surface area contributed by atoms with Gasteiger partial charge in [0, 0.05) is 5.69 Å². The fourth-order valence-electron chi connectivity index (χ4n) is 0.974. The van der Waals surface area contributed by atoms with Crippen molar-refractivity contribution < 1.29 is 13.9 Å². The summed E-state index contributed by atoms with van der Waals surface area (Å²) in [5.74, 6) is -1.33. The van der Waals surface area contributed by atoms with E-state index in [4.69, 9.17) is 10.5 Å². The largest absolute Gasteiger partial charge is 0.459 e. The molecule has 0 atom stereocenters. The van der Waals surface area contributed by atoms with Crippen LogP contribution in [0.15, 0.2) is 18.2 Å². The number of hydrogen-bond donors (Lipinski definition) is 1. The molecule has 0 fully saturated rings. The molecular formula is C10H12FNO2. The molecule has 0 aromatic heterocycles. The number of nitrogens with two attached hydrogens (primary N) is 1. The first-order valence-electron chi connectivity index (χ1n) is 4.26. The van der Waals surface area contributed by atoms with Gasteiger partial charge in [0.15, 0.2) is 0 Å². The first-order chi connectivity index (χ1) is 6.50. The average Bonchev–Trinajstić information content (AvgIpc) is 2.01. The van der Waals surface area contributed by atoms with E-state index in [9.17, 15) is 9.18 Å². The van der Waals surface area contributed by atoms with Crippen LogP contribution in [0.3, 0.4) is 0 Å². The van der Waals surface area contributed by atoms with Crippen LogP contribution in [0.1, 0.15) is 24.2 Å². The van der Waals surface area contributed by atoms with Gasteiger partial charge in [0.1, 0.15) is 5.82 Å². The van der Waals surface area contributed by atoms with Crippen LogP contribution in [-0.2, 0) is 4.74 Å². The van der Waals surface area contributed by atoms with Crippen LogP contribution in [0.2, 0.25) is 0 Å². The summed E-state index contributed by atoms with van der Waals surface area (Å²) in [6.07, 6.45) is -0.264. The van der Waals surface area contributed by atoms with Crippen molar-refractivity contribution in [2.75, 3.05) is 5.73 Å². The highest BCUT2D eigenvalue weighted by Crippen LogP contribution is 2.13. The van der Waals surface area contributed by atoms with E-state index in [-0.39, 0.29) is 17.4 Å². The molecular weight excluding hydrogens is 185 g/mol. The van der Waals surface area contributed by atoms with Crippen molar-refractivity contribution in [1.82, 2.24) is 0 Å².